The molecule has 27 heavy (non-hydrogen) atoms. The summed E-state index contributed by atoms with van der Waals surface area (Å²) in [4.78, 5) is 17.2. The first kappa shape index (κ1) is 17.5. The van der Waals surface area contributed by atoms with Crippen molar-refractivity contribution in [1.82, 2.24) is 19.7 Å². The van der Waals surface area contributed by atoms with E-state index in [4.69, 9.17) is 16.7 Å². The lowest BCUT2D eigenvalue weighted by molar-refractivity contribution is 0.147. The Morgan fingerprint density at radius 1 is 1.11 bits per heavy atom. The Morgan fingerprint density at radius 2 is 1.89 bits per heavy atom. The number of rotatable bonds is 3. The van der Waals surface area contributed by atoms with E-state index in [1.165, 1.54) is 4.90 Å². The predicted octanol–water partition coefficient (Wildman–Crippen LogP) is 3.73. The van der Waals surface area contributed by atoms with Gasteiger partial charge >= 0.3 is 6.09 Å². The quantitative estimate of drug-likeness (QED) is 0.749. The molecule has 1 aliphatic rings. The summed E-state index contributed by atoms with van der Waals surface area (Å²) in [6.45, 7) is 1.50. The van der Waals surface area contributed by atoms with Gasteiger partial charge in [-0.2, -0.15) is 5.10 Å². The second kappa shape index (κ2) is 7.40. The molecule has 2 aromatic heterocycles. The van der Waals surface area contributed by atoms with Gasteiger partial charge in [-0.3, -0.25) is 9.67 Å². The third kappa shape index (κ3) is 3.66. The summed E-state index contributed by atoms with van der Waals surface area (Å²) < 4.78 is 1.98. The number of carbonyl (C=O) groups is 1. The Labute approximate surface area is 162 Å². The molecular formula is C20H19ClN4O2. The van der Waals surface area contributed by atoms with Gasteiger partial charge in [-0.25, -0.2) is 4.79 Å². The number of pyridine rings is 1. The molecule has 1 N–H and O–H groups in total. The third-order valence-electron chi connectivity index (χ3n) is 4.81. The highest BCUT2D eigenvalue weighted by Crippen LogP contribution is 2.30. The fraction of sp³-hybridized carbons (Fsp3) is 0.250. The third-order valence-corrected chi connectivity index (χ3v) is 5.06. The van der Waals surface area contributed by atoms with Crippen LogP contribution in [0.25, 0.3) is 11.3 Å². The van der Waals surface area contributed by atoms with Gasteiger partial charge in [-0.15, -0.1) is 0 Å². The molecule has 0 spiro atoms. The molecule has 4 rings (SSSR count). The summed E-state index contributed by atoms with van der Waals surface area (Å²) >= 11 is 6.06. The van der Waals surface area contributed by atoms with E-state index in [1.54, 1.807) is 6.20 Å². The highest BCUT2D eigenvalue weighted by molar-refractivity contribution is 6.30. The minimum atomic E-state index is -0.880. The lowest BCUT2D eigenvalue weighted by Gasteiger charge is -2.16. The van der Waals surface area contributed by atoms with Gasteiger partial charge < -0.3 is 10.0 Å². The fourth-order valence-corrected chi connectivity index (χ4v) is 3.62. The van der Waals surface area contributed by atoms with Crippen LogP contribution in [0.4, 0.5) is 4.79 Å². The van der Waals surface area contributed by atoms with E-state index in [2.05, 4.69) is 4.98 Å². The van der Waals surface area contributed by atoms with E-state index in [9.17, 15) is 9.90 Å². The van der Waals surface area contributed by atoms with E-state index in [0.717, 1.165) is 28.2 Å². The molecule has 0 radical (unpaired) electrons. The van der Waals surface area contributed by atoms with Crippen LogP contribution in [0, 0.1) is 0 Å². The minimum absolute atomic E-state index is 0.461. The van der Waals surface area contributed by atoms with E-state index in [-0.39, 0.29) is 0 Å². The second-order valence-corrected chi connectivity index (χ2v) is 6.97. The number of benzene rings is 1. The zero-order valence-corrected chi connectivity index (χ0v) is 15.4. The van der Waals surface area contributed by atoms with Gasteiger partial charge in [0.2, 0.25) is 0 Å². The smallest absolute Gasteiger partial charge is 0.407 e. The van der Waals surface area contributed by atoms with E-state index >= 15 is 0 Å². The topological polar surface area (TPSA) is 71.2 Å². The van der Waals surface area contributed by atoms with Crippen molar-refractivity contribution in [1.29, 1.82) is 0 Å². The SMILES string of the molecule is O=C(O)N1CCc2nn(Cc3ccccn3)c(-c3ccc(Cl)cc3)c2CC1. The summed E-state index contributed by atoms with van der Waals surface area (Å²) in [5.74, 6) is 0. The Bertz CT molecular complexity index is 954. The maximum Gasteiger partial charge on any atom is 0.407 e. The van der Waals surface area contributed by atoms with Crippen molar-refractivity contribution in [3.8, 4) is 11.3 Å². The zero-order chi connectivity index (χ0) is 18.8. The normalized spacial score (nSPS) is 13.9. The Balaban J connectivity index is 1.77. The van der Waals surface area contributed by atoms with E-state index in [1.807, 2.05) is 47.1 Å². The highest BCUT2D eigenvalue weighted by Gasteiger charge is 2.25. The summed E-state index contributed by atoms with van der Waals surface area (Å²) in [6.07, 6.45) is 2.14. The Morgan fingerprint density at radius 3 is 2.59 bits per heavy atom. The summed E-state index contributed by atoms with van der Waals surface area (Å²) in [7, 11) is 0. The molecule has 0 unspecified atom stereocenters. The molecule has 0 atom stereocenters. The van der Waals surface area contributed by atoms with Gasteiger partial charge in [0.05, 0.1) is 23.6 Å². The van der Waals surface area contributed by atoms with Crippen molar-refractivity contribution >= 4 is 17.7 Å². The van der Waals surface area contributed by atoms with Crippen LogP contribution in [0.1, 0.15) is 17.0 Å². The molecule has 6 nitrogen and oxygen atoms in total. The molecule has 1 aromatic carbocycles. The molecule has 0 fully saturated rings. The molecule has 3 aromatic rings. The van der Waals surface area contributed by atoms with Crippen LogP contribution in [0.5, 0.6) is 0 Å². The first-order valence-electron chi connectivity index (χ1n) is 8.84. The van der Waals surface area contributed by atoms with Crippen LogP contribution < -0.4 is 0 Å². The monoisotopic (exact) mass is 382 g/mol. The van der Waals surface area contributed by atoms with Crippen LogP contribution >= 0.6 is 11.6 Å². The van der Waals surface area contributed by atoms with E-state index < -0.39 is 6.09 Å². The lowest BCUT2D eigenvalue weighted by atomic mass is 10.0. The molecule has 0 saturated heterocycles. The maximum atomic E-state index is 11.4. The standard InChI is InChI=1S/C20H19ClN4O2/c21-15-6-4-14(5-7-15)19-17-8-11-24(20(26)27)12-9-18(17)23-25(19)13-16-3-1-2-10-22-16/h1-7,10H,8-9,11-13H2,(H,26,27). The number of nitrogens with zero attached hydrogens (tertiary/aromatic N) is 4. The average Bonchev–Trinajstić information content (AvgIpc) is 2.86. The van der Waals surface area contributed by atoms with Crippen molar-refractivity contribution in [3.63, 3.8) is 0 Å². The van der Waals surface area contributed by atoms with E-state index in [0.29, 0.717) is 37.5 Å². The number of amides is 1. The van der Waals surface area contributed by atoms with Crippen molar-refractivity contribution in [3.05, 3.63) is 70.6 Å². The maximum absolute atomic E-state index is 11.4. The molecule has 0 saturated carbocycles. The predicted molar refractivity (Wildman–Crippen MR) is 103 cm³/mol. The van der Waals surface area contributed by atoms with Crippen LogP contribution in [-0.2, 0) is 19.4 Å². The number of hydrogen-bond acceptors (Lipinski definition) is 3. The molecule has 138 valence electrons. The minimum Gasteiger partial charge on any atom is -0.465 e. The number of aromatic nitrogens is 3. The summed E-state index contributed by atoms with van der Waals surface area (Å²) in [6, 6.07) is 13.5. The van der Waals surface area contributed by atoms with Crippen LogP contribution in [0.15, 0.2) is 48.7 Å². The second-order valence-electron chi connectivity index (χ2n) is 6.53. The summed E-state index contributed by atoms with van der Waals surface area (Å²) in [5.41, 5.74) is 5.03. The molecule has 7 heteroatoms. The zero-order valence-electron chi connectivity index (χ0n) is 14.7. The van der Waals surface area contributed by atoms with Gasteiger partial charge in [0.15, 0.2) is 0 Å². The summed E-state index contributed by atoms with van der Waals surface area (Å²) in [5, 5.41) is 14.8. The van der Waals surface area contributed by atoms with Crippen molar-refractivity contribution in [2.75, 3.05) is 13.1 Å². The Hall–Kier alpha value is -2.86. The average molecular weight is 383 g/mol. The van der Waals surface area contributed by atoms with Gasteiger partial charge in [0, 0.05) is 41.9 Å². The van der Waals surface area contributed by atoms with Gasteiger partial charge in [-0.1, -0.05) is 29.8 Å². The molecule has 1 aliphatic heterocycles. The van der Waals surface area contributed by atoms with Gasteiger partial charge in [0.1, 0.15) is 0 Å². The van der Waals surface area contributed by atoms with Crippen molar-refractivity contribution in [2.24, 2.45) is 0 Å². The molecule has 1 amide bonds. The van der Waals surface area contributed by atoms with Crippen LogP contribution in [0.2, 0.25) is 5.02 Å². The van der Waals surface area contributed by atoms with Gasteiger partial charge in [-0.05, 0) is 30.7 Å². The number of fused-ring (bicyclic) bond motifs is 1. The molecule has 3 heterocycles. The fourth-order valence-electron chi connectivity index (χ4n) is 3.49. The molecular weight excluding hydrogens is 364 g/mol. The van der Waals surface area contributed by atoms with Crippen molar-refractivity contribution in [2.45, 2.75) is 19.4 Å². The number of halogens is 1. The molecule has 0 aliphatic carbocycles. The first-order chi connectivity index (χ1) is 13.1. The van der Waals surface area contributed by atoms with Crippen LogP contribution in [-0.4, -0.2) is 44.0 Å². The molecule has 0 bridgehead atoms. The van der Waals surface area contributed by atoms with Crippen LogP contribution in [0.3, 0.4) is 0 Å². The van der Waals surface area contributed by atoms with Gasteiger partial charge in [0.25, 0.3) is 0 Å². The Kier molecular flexibility index (Phi) is 4.81. The van der Waals surface area contributed by atoms with Crippen molar-refractivity contribution < 1.29 is 9.90 Å². The number of hydrogen-bond donors (Lipinski definition) is 1. The number of carboxylic acid groups (broad SMARTS) is 1. The first-order valence-corrected chi connectivity index (χ1v) is 9.22. The highest BCUT2D eigenvalue weighted by atomic mass is 35.5. The lowest BCUT2D eigenvalue weighted by Crippen LogP contribution is -2.31. The largest absolute Gasteiger partial charge is 0.465 e.